The van der Waals surface area contributed by atoms with E-state index in [4.69, 9.17) is 11.6 Å². The molecule has 7 nitrogen and oxygen atoms in total. The first-order valence-electron chi connectivity index (χ1n) is 12.6. The van der Waals surface area contributed by atoms with E-state index in [0.717, 1.165) is 27.6 Å². The summed E-state index contributed by atoms with van der Waals surface area (Å²) < 4.78 is 42.3. The van der Waals surface area contributed by atoms with Crippen LogP contribution in [0, 0.1) is 12.7 Å². The average Bonchev–Trinajstić information content (AvgIpc) is 2.91. The van der Waals surface area contributed by atoms with Gasteiger partial charge in [-0.3, -0.25) is 13.9 Å². The van der Waals surface area contributed by atoms with Crippen molar-refractivity contribution in [3.63, 3.8) is 0 Å². The van der Waals surface area contributed by atoms with Crippen molar-refractivity contribution in [1.29, 1.82) is 0 Å². The van der Waals surface area contributed by atoms with E-state index < -0.39 is 34.3 Å². The lowest BCUT2D eigenvalue weighted by atomic mass is 10.1. The molecule has 2 amide bonds. The predicted octanol–water partition coefficient (Wildman–Crippen LogP) is 5.31. The van der Waals surface area contributed by atoms with Gasteiger partial charge < -0.3 is 10.2 Å². The van der Waals surface area contributed by atoms with Gasteiger partial charge in [0.2, 0.25) is 11.8 Å². The van der Waals surface area contributed by atoms with Crippen LogP contribution in [0.2, 0.25) is 5.02 Å². The first kappa shape index (κ1) is 30.1. The largest absolute Gasteiger partial charge is 0.352 e. The molecule has 0 aliphatic carbocycles. The van der Waals surface area contributed by atoms with E-state index in [1.807, 2.05) is 45.0 Å². The Labute approximate surface area is 234 Å². The van der Waals surface area contributed by atoms with Gasteiger partial charge in [-0.15, -0.1) is 0 Å². The van der Waals surface area contributed by atoms with Gasteiger partial charge in [0, 0.05) is 12.6 Å². The van der Waals surface area contributed by atoms with Crippen LogP contribution in [0.3, 0.4) is 0 Å². The lowest BCUT2D eigenvalue weighted by Crippen LogP contribution is -2.52. The summed E-state index contributed by atoms with van der Waals surface area (Å²) in [5.41, 5.74) is 1.78. The summed E-state index contributed by atoms with van der Waals surface area (Å²) in [6, 6.07) is 17.6. The molecule has 39 heavy (non-hydrogen) atoms. The van der Waals surface area contributed by atoms with Gasteiger partial charge in [0.25, 0.3) is 10.0 Å². The van der Waals surface area contributed by atoms with Crippen molar-refractivity contribution in [3.05, 3.63) is 94.8 Å². The average molecular weight is 574 g/mol. The highest BCUT2D eigenvalue weighted by Crippen LogP contribution is 2.28. The number of sulfonamides is 1. The van der Waals surface area contributed by atoms with E-state index in [0.29, 0.717) is 6.42 Å². The highest BCUT2D eigenvalue weighted by Gasteiger charge is 2.33. The molecule has 0 unspecified atom stereocenters. The molecule has 1 N–H and O–H groups in total. The van der Waals surface area contributed by atoms with Crippen molar-refractivity contribution >= 4 is 39.1 Å². The SMILES string of the molecule is CC[C@H](C)NC(=O)[C@@H](C)N(Cc1cccc(C)c1)C(=O)CN(c1ccc(F)c(Cl)c1)S(=O)(=O)c1ccccc1. The molecule has 0 spiro atoms. The number of hydrogen-bond acceptors (Lipinski definition) is 4. The highest BCUT2D eigenvalue weighted by atomic mass is 35.5. The third kappa shape index (κ3) is 7.58. The van der Waals surface area contributed by atoms with E-state index in [9.17, 15) is 22.4 Å². The molecule has 0 aromatic heterocycles. The lowest BCUT2D eigenvalue weighted by Gasteiger charge is -2.32. The molecule has 0 radical (unpaired) electrons. The molecule has 208 valence electrons. The molecule has 0 aliphatic heterocycles. The minimum Gasteiger partial charge on any atom is -0.352 e. The molecule has 3 aromatic carbocycles. The second kappa shape index (κ2) is 13.1. The summed E-state index contributed by atoms with van der Waals surface area (Å²) in [6.07, 6.45) is 0.707. The molecule has 10 heteroatoms. The van der Waals surface area contributed by atoms with Crippen molar-refractivity contribution in [3.8, 4) is 0 Å². The Hall–Kier alpha value is -3.43. The summed E-state index contributed by atoms with van der Waals surface area (Å²) in [5, 5.41) is 2.61. The maximum absolute atomic E-state index is 14.0. The zero-order chi connectivity index (χ0) is 28.7. The highest BCUT2D eigenvalue weighted by molar-refractivity contribution is 7.92. The number of amides is 2. The molecule has 0 saturated carbocycles. The second-order valence-corrected chi connectivity index (χ2v) is 11.7. The number of halogens is 2. The first-order valence-corrected chi connectivity index (χ1v) is 14.4. The first-order chi connectivity index (χ1) is 18.4. The maximum Gasteiger partial charge on any atom is 0.264 e. The van der Waals surface area contributed by atoms with Gasteiger partial charge in [-0.05, 0) is 63.1 Å². The Morgan fingerprint density at radius 3 is 2.31 bits per heavy atom. The zero-order valence-corrected chi connectivity index (χ0v) is 24.0. The van der Waals surface area contributed by atoms with Crippen LogP contribution >= 0.6 is 11.6 Å². The summed E-state index contributed by atoms with van der Waals surface area (Å²) in [7, 11) is -4.26. The van der Waals surface area contributed by atoms with Crippen LogP contribution < -0.4 is 9.62 Å². The minimum absolute atomic E-state index is 0.0193. The maximum atomic E-state index is 14.0. The molecule has 2 atom stereocenters. The predicted molar refractivity (Wildman–Crippen MR) is 151 cm³/mol. The van der Waals surface area contributed by atoms with E-state index in [1.54, 1.807) is 25.1 Å². The second-order valence-electron chi connectivity index (χ2n) is 9.43. The molecule has 3 aromatic rings. The quantitative estimate of drug-likeness (QED) is 0.337. The molecular weight excluding hydrogens is 541 g/mol. The van der Waals surface area contributed by atoms with Crippen LogP contribution in [0.1, 0.15) is 38.3 Å². The Morgan fingerprint density at radius 2 is 1.69 bits per heavy atom. The monoisotopic (exact) mass is 573 g/mol. The van der Waals surface area contributed by atoms with Crippen LogP contribution in [0.25, 0.3) is 0 Å². The van der Waals surface area contributed by atoms with Gasteiger partial charge >= 0.3 is 0 Å². The number of nitrogens with one attached hydrogen (secondary N) is 1. The Balaban J connectivity index is 2.04. The number of hydrogen-bond donors (Lipinski definition) is 1. The molecule has 0 fully saturated rings. The molecule has 0 aliphatic rings. The van der Waals surface area contributed by atoms with E-state index in [-0.39, 0.29) is 34.1 Å². The Bertz CT molecular complexity index is 1420. The van der Waals surface area contributed by atoms with Crippen molar-refractivity contribution in [2.45, 2.75) is 57.6 Å². The number of nitrogens with zero attached hydrogens (tertiary/aromatic N) is 2. The normalized spacial score (nSPS) is 12.9. The smallest absolute Gasteiger partial charge is 0.264 e. The standard InChI is InChI=1S/C29H33ClFN3O4S/c1-5-21(3)32-29(36)22(4)33(18-23-11-9-10-20(2)16-23)28(35)19-34(24-14-15-27(31)26(30)17-24)39(37,38)25-12-7-6-8-13-25/h6-17,21-22H,5,18-19H2,1-4H3,(H,32,36)/t21-,22+/m0/s1. The van der Waals surface area contributed by atoms with Gasteiger partial charge in [-0.1, -0.05) is 66.6 Å². The van der Waals surface area contributed by atoms with Gasteiger partial charge in [-0.2, -0.15) is 0 Å². The summed E-state index contributed by atoms with van der Waals surface area (Å²) in [4.78, 5) is 28.3. The summed E-state index contributed by atoms with van der Waals surface area (Å²) in [6.45, 7) is 6.78. The van der Waals surface area contributed by atoms with Gasteiger partial charge in [0.05, 0.1) is 15.6 Å². The van der Waals surface area contributed by atoms with E-state index in [2.05, 4.69) is 5.32 Å². The third-order valence-corrected chi connectivity index (χ3v) is 8.48. The van der Waals surface area contributed by atoms with Crippen LogP contribution in [-0.2, 0) is 26.2 Å². The van der Waals surface area contributed by atoms with Crippen molar-refractivity contribution < 1.29 is 22.4 Å². The molecular formula is C29H33ClFN3O4S. The molecule has 3 rings (SSSR count). The fraction of sp³-hybridized carbons (Fsp3) is 0.310. The number of benzene rings is 3. The number of rotatable bonds is 11. The van der Waals surface area contributed by atoms with Crippen LogP contribution in [0.5, 0.6) is 0 Å². The van der Waals surface area contributed by atoms with Crippen molar-refractivity contribution in [2.24, 2.45) is 0 Å². The molecule has 0 bridgehead atoms. The van der Waals surface area contributed by atoms with Gasteiger partial charge in [-0.25, -0.2) is 12.8 Å². The van der Waals surface area contributed by atoms with Gasteiger partial charge in [0.1, 0.15) is 18.4 Å². The fourth-order valence-electron chi connectivity index (χ4n) is 3.94. The zero-order valence-electron chi connectivity index (χ0n) is 22.4. The summed E-state index contributed by atoms with van der Waals surface area (Å²) >= 11 is 5.98. The van der Waals surface area contributed by atoms with Crippen LogP contribution in [0.4, 0.5) is 10.1 Å². The van der Waals surface area contributed by atoms with E-state index >= 15 is 0 Å². The summed E-state index contributed by atoms with van der Waals surface area (Å²) in [5.74, 6) is -1.68. The number of anilines is 1. The number of aryl methyl sites for hydroxylation is 1. The Morgan fingerprint density at radius 1 is 1.00 bits per heavy atom. The number of carbonyl (C=O) groups is 2. The fourth-order valence-corrected chi connectivity index (χ4v) is 5.55. The van der Waals surface area contributed by atoms with Crippen LogP contribution in [-0.4, -0.2) is 43.8 Å². The number of carbonyl (C=O) groups excluding carboxylic acids is 2. The minimum atomic E-state index is -4.26. The van der Waals surface area contributed by atoms with Gasteiger partial charge in [0.15, 0.2) is 0 Å². The topological polar surface area (TPSA) is 86.8 Å². The Kier molecular flexibility index (Phi) is 10.1. The molecule has 0 heterocycles. The van der Waals surface area contributed by atoms with Crippen LogP contribution in [0.15, 0.2) is 77.7 Å². The van der Waals surface area contributed by atoms with Crippen molar-refractivity contribution in [1.82, 2.24) is 10.2 Å². The molecule has 0 saturated heterocycles. The van der Waals surface area contributed by atoms with Crippen molar-refractivity contribution in [2.75, 3.05) is 10.8 Å². The third-order valence-electron chi connectivity index (χ3n) is 6.40. The van der Waals surface area contributed by atoms with E-state index in [1.165, 1.54) is 23.1 Å². The lowest BCUT2D eigenvalue weighted by molar-refractivity contribution is -0.139.